The lowest BCUT2D eigenvalue weighted by Gasteiger charge is -2.07. The molecule has 0 N–H and O–H groups in total. The largest absolute Gasteiger partial charge is 0.490 e. The highest BCUT2D eigenvalue weighted by Gasteiger charge is 2.10. The third-order valence-corrected chi connectivity index (χ3v) is 3.44. The van der Waals surface area contributed by atoms with Crippen molar-refractivity contribution in [2.45, 2.75) is 0 Å². The Bertz CT molecular complexity index is 830. The molecule has 0 unspecified atom stereocenters. The molecule has 0 aliphatic heterocycles. The van der Waals surface area contributed by atoms with E-state index in [1.54, 1.807) is 41.2 Å². The van der Waals surface area contributed by atoms with E-state index in [0.717, 1.165) is 0 Å². The fourth-order valence-electron chi connectivity index (χ4n) is 2.04. The zero-order chi connectivity index (χ0) is 16.2. The molecule has 0 saturated heterocycles. The second-order valence-electron chi connectivity index (χ2n) is 4.86. The van der Waals surface area contributed by atoms with E-state index in [4.69, 9.17) is 21.1 Å². The SMILES string of the molecule is Cn1cnc2cc(C(=O)OCCOc3ccc(Cl)cc3)cnc21. The standard InChI is InChI=1S/C16H14ClN3O3/c1-20-10-19-14-8-11(9-18-15(14)20)16(21)23-7-6-22-13-4-2-12(17)3-5-13/h2-5,8-10H,6-7H2,1H3. The maximum absolute atomic E-state index is 12.0. The van der Waals surface area contributed by atoms with E-state index in [2.05, 4.69) is 9.97 Å². The first-order valence-corrected chi connectivity index (χ1v) is 7.34. The Hall–Kier alpha value is -2.60. The molecule has 0 fully saturated rings. The summed E-state index contributed by atoms with van der Waals surface area (Å²) < 4.78 is 12.4. The second-order valence-corrected chi connectivity index (χ2v) is 5.30. The quantitative estimate of drug-likeness (QED) is 0.531. The van der Waals surface area contributed by atoms with Crippen molar-refractivity contribution in [3.63, 3.8) is 0 Å². The molecule has 2 heterocycles. The number of esters is 1. The lowest BCUT2D eigenvalue weighted by molar-refractivity contribution is 0.0450. The number of imidazole rings is 1. The van der Waals surface area contributed by atoms with Gasteiger partial charge in [-0.1, -0.05) is 11.6 Å². The van der Waals surface area contributed by atoms with Gasteiger partial charge in [-0.05, 0) is 30.3 Å². The van der Waals surface area contributed by atoms with Crippen molar-refractivity contribution in [3.05, 3.63) is 53.4 Å². The molecule has 3 rings (SSSR count). The number of hydrogen-bond donors (Lipinski definition) is 0. The maximum atomic E-state index is 12.0. The highest BCUT2D eigenvalue weighted by molar-refractivity contribution is 6.30. The second kappa shape index (κ2) is 6.66. The summed E-state index contributed by atoms with van der Waals surface area (Å²) in [4.78, 5) is 20.3. The van der Waals surface area contributed by atoms with Crippen LogP contribution in [0, 0.1) is 0 Å². The monoisotopic (exact) mass is 331 g/mol. The minimum atomic E-state index is -0.454. The molecular formula is C16H14ClN3O3. The summed E-state index contributed by atoms with van der Waals surface area (Å²) >= 11 is 5.79. The number of hydrogen-bond acceptors (Lipinski definition) is 5. The smallest absolute Gasteiger partial charge is 0.339 e. The average Bonchev–Trinajstić information content (AvgIpc) is 2.94. The molecule has 0 radical (unpaired) electrons. The number of carbonyl (C=O) groups excluding carboxylic acids is 1. The molecule has 0 atom stereocenters. The van der Waals surface area contributed by atoms with Crippen molar-refractivity contribution >= 4 is 28.7 Å². The van der Waals surface area contributed by atoms with Crippen LogP contribution in [0.25, 0.3) is 11.2 Å². The van der Waals surface area contributed by atoms with Crippen molar-refractivity contribution in [2.75, 3.05) is 13.2 Å². The van der Waals surface area contributed by atoms with Gasteiger partial charge in [0.1, 0.15) is 24.5 Å². The van der Waals surface area contributed by atoms with Gasteiger partial charge in [0.15, 0.2) is 5.65 Å². The van der Waals surface area contributed by atoms with Crippen molar-refractivity contribution < 1.29 is 14.3 Å². The van der Waals surface area contributed by atoms with E-state index in [1.807, 2.05) is 7.05 Å². The predicted molar refractivity (Wildman–Crippen MR) is 85.7 cm³/mol. The number of rotatable bonds is 5. The Morgan fingerprint density at radius 1 is 1.22 bits per heavy atom. The van der Waals surface area contributed by atoms with E-state index in [0.29, 0.717) is 27.5 Å². The van der Waals surface area contributed by atoms with Gasteiger partial charge < -0.3 is 14.0 Å². The number of benzene rings is 1. The summed E-state index contributed by atoms with van der Waals surface area (Å²) in [7, 11) is 1.84. The van der Waals surface area contributed by atoms with Gasteiger partial charge in [-0.25, -0.2) is 14.8 Å². The van der Waals surface area contributed by atoms with E-state index in [-0.39, 0.29) is 13.2 Å². The molecule has 23 heavy (non-hydrogen) atoms. The highest BCUT2D eigenvalue weighted by Crippen LogP contribution is 2.15. The first-order chi connectivity index (χ1) is 11.1. The average molecular weight is 332 g/mol. The van der Waals surface area contributed by atoms with E-state index >= 15 is 0 Å². The van der Waals surface area contributed by atoms with E-state index < -0.39 is 5.97 Å². The van der Waals surface area contributed by atoms with Gasteiger partial charge in [-0.2, -0.15) is 0 Å². The highest BCUT2D eigenvalue weighted by atomic mass is 35.5. The van der Waals surface area contributed by atoms with Crippen molar-refractivity contribution in [1.82, 2.24) is 14.5 Å². The third kappa shape index (κ3) is 3.60. The van der Waals surface area contributed by atoms with Crippen LogP contribution in [0.1, 0.15) is 10.4 Å². The number of pyridine rings is 1. The number of aryl methyl sites for hydroxylation is 1. The molecule has 0 aliphatic rings. The zero-order valence-electron chi connectivity index (χ0n) is 12.4. The molecule has 0 amide bonds. The van der Waals surface area contributed by atoms with Crippen LogP contribution in [-0.4, -0.2) is 33.7 Å². The molecule has 6 nitrogen and oxygen atoms in total. The first kappa shape index (κ1) is 15.3. The molecule has 0 aliphatic carbocycles. The topological polar surface area (TPSA) is 66.2 Å². The minimum absolute atomic E-state index is 0.141. The van der Waals surface area contributed by atoms with Crippen LogP contribution >= 0.6 is 11.6 Å². The maximum Gasteiger partial charge on any atom is 0.339 e. The lowest BCUT2D eigenvalue weighted by atomic mass is 10.3. The van der Waals surface area contributed by atoms with Gasteiger partial charge in [-0.15, -0.1) is 0 Å². The van der Waals surface area contributed by atoms with Crippen LogP contribution in [0.4, 0.5) is 0 Å². The van der Waals surface area contributed by atoms with Gasteiger partial charge in [0.05, 0.1) is 11.9 Å². The number of aromatic nitrogens is 3. The van der Waals surface area contributed by atoms with Crippen molar-refractivity contribution in [1.29, 1.82) is 0 Å². The summed E-state index contributed by atoms with van der Waals surface area (Å²) in [5, 5.41) is 0.640. The molecule has 0 saturated carbocycles. The number of ether oxygens (including phenoxy) is 2. The Morgan fingerprint density at radius 2 is 2.00 bits per heavy atom. The van der Waals surface area contributed by atoms with Crippen LogP contribution in [0.5, 0.6) is 5.75 Å². The van der Waals surface area contributed by atoms with Gasteiger partial charge in [0.2, 0.25) is 0 Å². The molecule has 1 aromatic carbocycles. The molecule has 118 valence electrons. The third-order valence-electron chi connectivity index (χ3n) is 3.19. The van der Waals surface area contributed by atoms with Gasteiger partial charge >= 0.3 is 5.97 Å². The van der Waals surface area contributed by atoms with Crippen molar-refractivity contribution in [2.24, 2.45) is 7.05 Å². The Morgan fingerprint density at radius 3 is 2.78 bits per heavy atom. The first-order valence-electron chi connectivity index (χ1n) is 6.96. The Kier molecular flexibility index (Phi) is 4.43. The van der Waals surface area contributed by atoms with Crippen LogP contribution < -0.4 is 4.74 Å². The number of halogens is 1. The number of carbonyl (C=O) groups is 1. The molecule has 0 bridgehead atoms. The predicted octanol–water partition coefficient (Wildman–Crippen LogP) is 2.86. The van der Waals surface area contributed by atoms with Gasteiger partial charge in [0, 0.05) is 18.3 Å². The van der Waals surface area contributed by atoms with Gasteiger partial charge in [0.25, 0.3) is 0 Å². The molecule has 0 spiro atoms. The van der Waals surface area contributed by atoms with Crippen LogP contribution in [0.3, 0.4) is 0 Å². The fraction of sp³-hybridized carbons (Fsp3) is 0.188. The summed E-state index contributed by atoms with van der Waals surface area (Å²) in [5.74, 6) is 0.215. The normalized spacial score (nSPS) is 10.7. The summed E-state index contributed by atoms with van der Waals surface area (Å²) in [6, 6.07) is 8.63. The summed E-state index contributed by atoms with van der Waals surface area (Å²) in [6.45, 7) is 0.397. The Balaban J connectivity index is 1.53. The van der Waals surface area contributed by atoms with Crippen LogP contribution in [0.15, 0.2) is 42.9 Å². The Labute approximate surface area is 137 Å². The fourth-order valence-corrected chi connectivity index (χ4v) is 2.16. The molecule has 2 aromatic heterocycles. The van der Waals surface area contributed by atoms with E-state index in [1.165, 1.54) is 6.20 Å². The lowest BCUT2D eigenvalue weighted by Crippen LogP contribution is -2.12. The molecule has 3 aromatic rings. The molecule has 7 heteroatoms. The van der Waals surface area contributed by atoms with Crippen molar-refractivity contribution in [3.8, 4) is 5.75 Å². The summed E-state index contributed by atoms with van der Waals surface area (Å²) in [6.07, 6.45) is 3.12. The number of nitrogens with zero attached hydrogens (tertiary/aromatic N) is 3. The summed E-state index contributed by atoms with van der Waals surface area (Å²) in [5.41, 5.74) is 1.73. The van der Waals surface area contributed by atoms with Crippen LogP contribution in [-0.2, 0) is 11.8 Å². The van der Waals surface area contributed by atoms with E-state index in [9.17, 15) is 4.79 Å². The van der Waals surface area contributed by atoms with Gasteiger partial charge in [-0.3, -0.25) is 0 Å². The minimum Gasteiger partial charge on any atom is -0.490 e. The van der Waals surface area contributed by atoms with Crippen LogP contribution in [0.2, 0.25) is 5.02 Å². The number of fused-ring (bicyclic) bond motifs is 1. The zero-order valence-corrected chi connectivity index (χ0v) is 13.2. The molecular weight excluding hydrogens is 318 g/mol.